The van der Waals surface area contributed by atoms with Gasteiger partial charge < -0.3 is 9.47 Å². The number of hydrogen-bond donors (Lipinski definition) is 2. The van der Waals surface area contributed by atoms with Gasteiger partial charge in [0.1, 0.15) is 11.4 Å². The van der Waals surface area contributed by atoms with Gasteiger partial charge in [-0.15, -0.1) is 0 Å². The number of H-pyrrole nitrogens is 1. The van der Waals surface area contributed by atoms with Gasteiger partial charge >= 0.3 is 0 Å². The van der Waals surface area contributed by atoms with E-state index in [0.29, 0.717) is 11.4 Å². The molecule has 140 valence electrons. The number of carbonyl (C=O) groups excluding carboxylic acids is 1. The lowest BCUT2D eigenvalue weighted by Gasteiger charge is -2.20. The first-order chi connectivity index (χ1) is 13.1. The zero-order chi connectivity index (χ0) is 19.2. The van der Waals surface area contributed by atoms with Crippen LogP contribution < -0.4 is 10.3 Å². The van der Waals surface area contributed by atoms with Crippen molar-refractivity contribution in [1.29, 1.82) is 0 Å². The Morgan fingerprint density at radius 3 is 2.63 bits per heavy atom. The minimum absolute atomic E-state index is 0.334. The summed E-state index contributed by atoms with van der Waals surface area (Å²) in [6.45, 7) is 6.20. The minimum Gasteiger partial charge on any atom is -0.372 e. The molecule has 0 saturated carbocycles. The number of aryl methyl sites for hydroxylation is 1. The zero-order valence-electron chi connectivity index (χ0n) is 15.8. The van der Waals surface area contributed by atoms with Crippen molar-refractivity contribution in [3.63, 3.8) is 0 Å². The molecule has 2 heterocycles. The quantitative estimate of drug-likeness (QED) is 0.500. The van der Waals surface area contributed by atoms with Crippen molar-refractivity contribution in [1.82, 2.24) is 20.2 Å². The van der Waals surface area contributed by atoms with Gasteiger partial charge in [0.05, 0.1) is 11.9 Å². The van der Waals surface area contributed by atoms with Crippen molar-refractivity contribution in [3.8, 4) is 11.4 Å². The Labute approximate surface area is 158 Å². The van der Waals surface area contributed by atoms with Gasteiger partial charge in [-0.2, -0.15) is 10.2 Å². The molecule has 3 aromatic rings. The molecule has 0 bridgehead atoms. The molecule has 1 aromatic carbocycles. The van der Waals surface area contributed by atoms with Gasteiger partial charge in [0.15, 0.2) is 0 Å². The fourth-order valence-corrected chi connectivity index (χ4v) is 2.88. The Morgan fingerprint density at radius 2 is 2.00 bits per heavy atom. The largest absolute Gasteiger partial charge is 0.372 e. The lowest BCUT2D eigenvalue weighted by Crippen LogP contribution is -2.21. The average Bonchev–Trinajstić information content (AvgIpc) is 3.32. The van der Waals surface area contributed by atoms with E-state index >= 15 is 0 Å². The van der Waals surface area contributed by atoms with E-state index < -0.39 is 0 Å². The Kier molecular flexibility index (Phi) is 5.71. The molecule has 3 rings (SSSR count). The van der Waals surface area contributed by atoms with Crippen LogP contribution in [0.5, 0.6) is 0 Å². The second-order valence-electron chi connectivity index (χ2n) is 6.13. The van der Waals surface area contributed by atoms with Crippen LogP contribution in [0.15, 0.2) is 53.8 Å². The monoisotopic (exact) mass is 364 g/mol. The van der Waals surface area contributed by atoms with Crippen LogP contribution in [0.25, 0.3) is 11.4 Å². The number of aromatic amines is 1. The first-order valence-corrected chi connectivity index (χ1v) is 8.98. The highest BCUT2D eigenvalue weighted by molar-refractivity contribution is 5.94. The molecule has 0 aliphatic heterocycles. The second kappa shape index (κ2) is 8.35. The Balaban J connectivity index is 1.60. The molecule has 0 aliphatic rings. The van der Waals surface area contributed by atoms with Gasteiger partial charge in [-0.3, -0.25) is 9.89 Å². The van der Waals surface area contributed by atoms with E-state index in [1.807, 2.05) is 42.1 Å². The third-order valence-electron chi connectivity index (χ3n) is 4.43. The van der Waals surface area contributed by atoms with Crippen molar-refractivity contribution >= 4 is 17.8 Å². The third-order valence-corrected chi connectivity index (χ3v) is 4.43. The molecule has 2 aromatic heterocycles. The summed E-state index contributed by atoms with van der Waals surface area (Å²) in [5, 5.41) is 11.0. The van der Waals surface area contributed by atoms with E-state index in [4.69, 9.17) is 0 Å². The molecule has 2 N–H and O–H groups in total. The number of hydrazone groups is 1. The number of amides is 1. The molecule has 0 atom stereocenters. The van der Waals surface area contributed by atoms with Crippen molar-refractivity contribution in [2.45, 2.75) is 13.8 Å². The smallest absolute Gasteiger partial charge is 0.289 e. The van der Waals surface area contributed by atoms with Gasteiger partial charge in [-0.05, 0) is 49.7 Å². The Morgan fingerprint density at radius 1 is 1.26 bits per heavy atom. The SMILES string of the molecule is CCN(CC)c1ccc(/C=N/NC(=O)c2cc(-c3cccn3C)n[nH]2)cc1. The zero-order valence-corrected chi connectivity index (χ0v) is 15.8. The standard InChI is InChI=1S/C20H24N6O/c1-4-26(5-2)16-10-8-15(9-11-16)14-21-24-20(27)18-13-17(22-23-18)19-7-6-12-25(19)3/h6-14H,4-5H2,1-3H3,(H,22,23)(H,24,27)/b21-14+. The summed E-state index contributed by atoms with van der Waals surface area (Å²) >= 11 is 0. The van der Waals surface area contributed by atoms with Crippen LogP contribution in [0.3, 0.4) is 0 Å². The van der Waals surface area contributed by atoms with E-state index in [2.05, 4.69) is 51.6 Å². The van der Waals surface area contributed by atoms with Gasteiger partial charge in [0.25, 0.3) is 5.91 Å². The molecule has 0 unspecified atom stereocenters. The van der Waals surface area contributed by atoms with E-state index in [0.717, 1.165) is 24.3 Å². The molecule has 7 heteroatoms. The highest BCUT2D eigenvalue weighted by Crippen LogP contribution is 2.17. The molecule has 0 spiro atoms. The summed E-state index contributed by atoms with van der Waals surface area (Å²) in [6, 6.07) is 13.6. The Hall–Kier alpha value is -3.35. The molecule has 1 amide bonds. The van der Waals surface area contributed by atoms with Crippen LogP contribution in [0.2, 0.25) is 0 Å². The maximum atomic E-state index is 12.2. The van der Waals surface area contributed by atoms with Crippen molar-refractivity contribution in [2.75, 3.05) is 18.0 Å². The molecular formula is C20H24N6O. The number of rotatable bonds is 7. The van der Waals surface area contributed by atoms with E-state index in [1.54, 1.807) is 12.3 Å². The highest BCUT2D eigenvalue weighted by Gasteiger charge is 2.11. The predicted molar refractivity (Wildman–Crippen MR) is 108 cm³/mol. The van der Waals surface area contributed by atoms with Crippen LogP contribution in [-0.2, 0) is 7.05 Å². The first kappa shape index (κ1) is 18.4. The molecule has 7 nitrogen and oxygen atoms in total. The molecule has 0 saturated heterocycles. The first-order valence-electron chi connectivity index (χ1n) is 8.98. The highest BCUT2D eigenvalue weighted by atomic mass is 16.2. The minimum atomic E-state index is -0.334. The van der Waals surface area contributed by atoms with E-state index in [1.165, 1.54) is 5.69 Å². The lowest BCUT2D eigenvalue weighted by molar-refractivity contribution is 0.0950. The van der Waals surface area contributed by atoms with Gasteiger partial charge in [0.2, 0.25) is 0 Å². The number of aromatic nitrogens is 3. The van der Waals surface area contributed by atoms with Crippen LogP contribution >= 0.6 is 0 Å². The summed E-state index contributed by atoms with van der Waals surface area (Å²) in [6.07, 6.45) is 3.55. The predicted octanol–water partition coefficient (Wildman–Crippen LogP) is 3.03. The van der Waals surface area contributed by atoms with Gasteiger partial charge in [-0.25, -0.2) is 5.43 Å². The number of nitrogens with one attached hydrogen (secondary N) is 2. The molecule has 0 fully saturated rings. The molecule has 0 aliphatic carbocycles. The van der Waals surface area contributed by atoms with Crippen LogP contribution in [0.4, 0.5) is 5.69 Å². The van der Waals surface area contributed by atoms with Gasteiger partial charge in [0, 0.05) is 32.0 Å². The fraction of sp³-hybridized carbons (Fsp3) is 0.250. The molecular weight excluding hydrogens is 340 g/mol. The summed E-state index contributed by atoms with van der Waals surface area (Å²) in [5.74, 6) is -0.334. The fourth-order valence-electron chi connectivity index (χ4n) is 2.88. The molecule has 27 heavy (non-hydrogen) atoms. The number of anilines is 1. The summed E-state index contributed by atoms with van der Waals surface area (Å²) < 4.78 is 1.94. The lowest BCUT2D eigenvalue weighted by atomic mass is 10.2. The number of hydrogen-bond acceptors (Lipinski definition) is 4. The van der Waals surface area contributed by atoms with Crippen LogP contribution in [0, 0.1) is 0 Å². The van der Waals surface area contributed by atoms with Crippen molar-refractivity contribution < 1.29 is 4.79 Å². The maximum Gasteiger partial charge on any atom is 0.289 e. The summed E-state index contributed by atoms with van der Waals surface area (Å²) in [4.78, 5) is 14.5. The van der Waals surface area contributed by atoms with Crippen LogP contribution in [-0.4, -0.2) is 40.0 Å². The summed E-state index contributed by atoms with van der Waals surface area (Å²) in [7, 11) is 1.93. The maximum absolute atomic E-state index is 12.2. The third kappa shape index (κ3) is 4.25. The van der Waals surface area contributed by atoms with Crippen molar-refractivity contribution in [2.24, 2.45) is 12.1 Å². The molecule has 0 radical (unpaired) electrons. The topological polar surface area (TPSA) is 78.3 Å². The normalized spacial score (nSPS) is 11.1. The number of benzene rings is 1. The second-order valence-corrected chi connectivity index (χ2v) is 6.13. The van der Waals surface area contributed by atoms with E-state index in [9.17, 15) is 4.79 Å². The Bertz CT molecular complexity index is 918. The summed E-state index contributed by atoms with van der Waals surface area (Å²) in [5.41, 5.74) is 6.62. The van der Waals surface area contributed by atoms with E-state index in [-0.39, 0.29) is 5.91 Å². The number of nitrogens with zero attached hydrogens (tertiary/aromatic N) is 4. The van der Waals surface area contributed by atoms with Gasteiger partial charge in [-0.1, -0.05) is 12.1 Å². The van der Waals surface area contributed by atoms with Crippen molar-refractivity contribution in [3.05, 3.63) is 59.9 Å². The van der Waals surface area contributed by atoms with Crippen LogP contribution in [0.1, 0.15) is 29.9 Å². The number of carbonyl (C=O) groups is 1. The average molecular weight is 364 g/mol.